The standard InChI is InChI=1S/C22H31NO/c1-2-6-18(7-3-1)23-13-11-22(12-14-23)16-17-10-15-24-21(17)19-8-4-5-9-20(19)22/h4-5,8-9,17-18,21H,1-3,6-7,10-16H2. The molecule has 2 heteroatoms. The Morgan fingerprint density at radius 2 is 1.75 bits per heavy atom. The quantitative estimate of drug-likeness (QED) is 0.733. The van der Waals surface area contributed by atoms with Gasteiger partial charge in [0.2, 0.25) is 0 Å². The van der Waals surface area contributed by atoms with Crippen LogP contribution in [-0.4, -0.2) is 30.6 Å². The van der Waals surface area contributed by atoms with Crippen molar-refractivity contribution in [3.05, 3.63) is 35.4 Å². The minimum Gasteiger partial charge on any atom is -0.373 e. The molecule has 2 saturated heterocycles. The number of hydrogen-bond donors (Lipinski definition) is 0. The molecular weight excluding hydrogens is 294 g/mol. The summed E-state index contributed by atoms with van der Waals surface area (Å²) in [6, 6.07) is 10.1. The fourth-order valence-electron chi connectivity index (χ4n) is 6.26. The molecule has 2 aliphatic heterocycles. The fourth-order valence-corrected chi connectivity index (χ4v) is 6.26. The minimum atomic E-state index is 0.392. The molecule has 2 aliphatic carbocycles. The van der Waals surface area contributed by atoms with Crippen LogP contribution in [0.15, 0.2) is 24.3 Å². The maximum absolute atomic E-state index is 6.12. The van der Waals surface area contributed by atoms with Crippen molar-refractivity contribution in [2.24, 2.45) is 5.92 Å². The van der Waals surface area contributed by atoms with Gasteiger partial charge in [-0.2, -0.15) is 0 Å². The average molecular weight is 325 g/mol. The highest BCUT2D eigenvalue weighted by atomic mass is 16.5. The number of likely N-dealkylation sites (tertiary alicyclic amines) is 1. The van der Waals surface area contributed by atoms with Gasteiger partial charge in [-0.1, -0.05) is 43.5 Å². The van der Waals surface area contributed by atoms with E-state index in [-0.39, 0.29) is 0 Å². The Hall–Kier alpha value is -0.860. The normalized spacial score (nSPS) is 33.3. The Morgan fingerprint density at radius 3 is 2.58 bits per heavy atom. The molecule has 1 aromatic rings. The zero-order chi connectivity index (χ0) is 16.0. The summed E-state index contributed by atoms with van der Waals surface area (Å²) in [5.41, 5.74) is 3.60. The molecule has 2 nitrogen and oxygen atoms in total. The Kier molecular flexibility index (Phi) is 3.94. The SMILES string of the molecule is c1ccc2c(c1)C1OCCC1CC21CCN(C2CCCCC2)CC1. The van der Waals surface area contributed by atoms with Crippen LogP contribution in [0.3, 0.4) is 0 Å². The first-order valence-corrected chi connectivity index (χ1v) is 10.3. The molecule has 1 aromatic carbocycles. The zero-order valence-corrected chi connectivity index (χ0v) is 14.9. The zero-order valence-electron chi connectivity index (χ0n) is 14.9. The Bertz CT molecular complexity index is 583. The topological polar surface area (TPSA) is 12.5 Å². The van der Waals surface area contributed by atoms with Crippen molar-refractivity contribution in [3.8, 4) is 0 Å². The van der Waals surface area contributed by atoms with Crippen LogP contribution in [0.5, 0.6) is 0 Å². The lowest BCUT2D eigenvalue weighted by Crippen LogP contribution is -2.49. The molecule has 3 fully saturated rings. The third-order valence-electron chi connectivity index (χ3n) is 7.55. The number of nitrogens with zero attached hydrogens (tertiary/aromatic N) is 1. The van der Waals surface area contributed by atoms with Crippen molar-refractivity contribution >= 4 is 0 Å². The molecular formula is C22H31NO. The summed E-state index contributed by atoms with van der Waals surface area (Å²) in [7, 11) is 0. The summed E-state index contributed by atoms with van der Waals surface area (Å²) in [5, 5.41) is 0. The van der Waals surface area contributed by atoms with E-state index in [1.165, 1.54) is 76.4 Å². The summed E-state index contributed by atoms with van der Waals surface area (Å²) < 4.78 is 6.12. The van der Waals surface area contributed by atoms with Crippen molar-refractivity contribution in [1.29, 1.82) is 0 Å². The van der Waals surface area contributed by atoms with Gasteiger partial charge in [0.15, 0.2) is 0 Å². The largest absolute Gasteiger partial charge is 0.373 e. The Balaban J connectivity index is 1.39. The summed E-state index contributed by atoms with van der Waals surface area (Å²) in [6.07, 6.45) is 13.0. The van der Waals surface area contributed by atoms with Gasteiger partial charge < -0.3 is 9.64 Å². The maximum Gasteiger partial charge on any atom is 0.0857 e. The number of rotatable bonds is 1. The predicted octanol–water partition coefficient (Wildman–Crippen LogP) is 4.83. The first-order chi connectivity index (χ1) is 11.9. The van der Waals surface area contributed by atoms with E-state index in [1.54, 1.807) is 5.56 Å². The van der Waals surface area contributed by atoms with Crippen LogP contribution in [0.2, 0.25) is 0 Å². The maximum atomic E-state index is 6.12. The second-order valence-electron chi connectivity index (χ2n) is 8.74. The van der Waals surface area contributed by atoms with Gasteiger partial charge in [0.05, 0.1) is 6.10 Å². The second-order valence-corrected chi connectivity index (χ2v) is 8.74. The first-order valence-electron chi connectivity index (χ1n) is 10.3. The van der Waals surface area contributed by atoms with Crippen molar-refractivity contribution in [1.82, 2.24) is 4.90 Å². The molecule has 0 aromatic heterocycles. The average Bonchev–Trinajstić information content (AvgIpc) is 3.12. The molecule has 2 heterocycles. The van der Waals surface area contributed by atoms with Crippen LogP contribution in [-0.2, 0) is 10.2 Å². The van der Waals surface area contributed by atoms with Crippen molar-refractivity contribution in [3.63, 3.8) is 0 Å². The molecule has 0 bridgehead atoms. The molecule has 2 unspecified atom stereocenters. The van der Waals surface area contributed by atoms with Gasteiger partial charge in [0, 0.05) is 12.6 Å². The van der Waals surface area contributed by atoms with Crippen LogP contribution >= 0.6 is 0 Å². The van der Waals surface area contributed by atoms with Crippen molar-refractivity contribution in [2.45, 2.75) is 75.3 Å². The monoisotopic (exact) mass is 325 g/mol. The summed E-state index contributed by atoms with van der Waals surface area (Å²) in [6.45, 7) is 3.60. The molecule has 0 radical (unpaired) electrons. The van der Waals surface area contributed by atoms with E-state index >= 15 is 0 Å². The molecule has 0 amide bonds. The van der Waals surface area contributed by atoms with Gasteiger partial charge in [-0.05, 0) is 74.1 Å². The van der Waals surface area contributed by atoms with Gasteiger partial charge in [-0.3, -0.25) is 0 Å². The third kappa shape index (κ3) is 2.45. The molecule has 5 rings (SSSR count). The Labute approximate surface area is 146 Å². The van der Waals surface area contributed by atoms with E-state index < -0.39 is 0 Å². The van der Waals surface area contributed by atoms with Crippen LogP contribution in [0, 0.1) is 5.92 Å². The van der Waals surface area contributed by atoms with Gasteiger partial charge in [-0.15, -0.1) is 0 Å². The van der Waals surface area contributed by atoms with Crippen LogP contribution < -0.4 is 0 Å². The van der Waals surface area contributed by atoms with Crippen LogP contribution in [0.25, 0.3) is 0 Å². The van der Waals surface area contributed by atoms with E-state index in [0.29, 0.717) is 11.5 Å². The molecule has 4 aliphatic rings. The first kappa shape index (κ1) is 15.4. The summed E-state index contributed by atoms with van der Waals surface area (Å²) >= 11 is 0. The van der Waals surface area contributed by atoms with E-state index in [9.17, 15) is 0 Å². The van der Waals surface area contributed by atoms with Gasteiger partial charge in [0.25, 0.3) is 0 Å². The Morgan fingerprint density at radius 1 is 0.958 bits per heavy atom. The number of fused-ring (bicyclic) bond motifs is 4. The highest BCUT2D eigenvalue weighted by Crippen LogP contribution is 2.54. The highest BCUT2D eigenvalue weighted by Gasteiger charge is 2.48. The van der Waals surface area contributed by atoms with Gasteiger partial charge in [0.1, 0.15) is 0 Å². The summed E-state index contributed by atoms with van der Waals surface area (Å²) in [5.74, 6) is 0.765. The molecule has 2 atom stereocenters. The number of benzene rings is 1. The number of hydrogen-bond acceptors (Lipinski definition) is 2. The third-order valence-corrected chi connectivity index (χ3v) is 7.55. The van der Waals surface area contributed by atoms with E-state index in [0.717, 1.165) is 18.6 Å². The lowest BCUT2D eigenvalue weighted by molar-refractivity contribution is 0.0407. The van der Waals surface area contributed by atoms with E-state index in [4.69, 9.17) is 4.74 Å². The summed E-state index contributed by atoms with van der Waals surface area (Å²) in [4.78, 5) is 2.84. The second kappa shape index (κ2) is 6.14. The molecule has 1 saturated carbocycles. The highest BCUT2D eigenvalue weighted by molar-refractivity contribution is 5.40. The molecule has 1 spiro atoms. The molecule has 0 N–H and O–H groups in total. The van der Waals surface area contributed by atoms with Crippen molar-refractivity contribution < 1.29 is 4.74 Å². The van der Waals surface area contributed by atoms with Gasteiger partial charge >= 0.3 is 0 Å². The molecule has 24 heavy (non-hydrogen) atoms. The lowest BCUT2D eigenvalue weighted by Gasteiger charge is -2.50. The molecule has 130 valence electrons. The fraction of sp³-hybridized carbons (Fsp3) is 0.727. The van der Waals surface area contributed by atoms with Gasteiger partial charge in [-0.25, -0.2) is 0 Å². The number of ether oxygens (including phenoxy) is 1. The van der Waals surface area contributed by atoms with Crippen LogP contribution in [0.1, 0.15) is 75.0 Å². The predicted molar refractivity (Wildman–Crippen MR) is 97.2 cm³/mol. The minimum absolute atomic E-state index is 0.392. The smallest absolute Gasteiger partial charge is 0.0857 e. The van der Waals surface area contributed by atoms with Crippen molar-refractivity contribution in [2.75, 3.05) is 19.7 Å². The number of piperidine rings is 1. The van der Waals surface area contributed by atoms with E-state index in [2.05, 4.69) is 29.2 Å². The van der Waals surface area contributed by atoms with E-state index in [1.807, 2.05) is 0 Å². The van der Waals surface area contributed by atoms with Crippen LogP contribution in [0.4, 0.5) is 0 Å². The lowest BCUT2D eigenvalue weighted by atomic mass is 9.60.